The van der Waals surface area contributed by atoms with Gasteiger partial charge in [0.1, 0.15) is 3.79 Å². The summed E-state index contributed by atoms with van der Waals surface area (Å²) in [5, 5.41) is 3.58. The average molecular weight is 237 g/mol. The van der Waals surface area contributed by atoms with Crippen molar-refractivity contribution in [1.29, 1.82) is 0 Å². The van der Waals surface area contributed by atoms with E-state index in [0.717, 1.165) is 11.5 Å². The molecule has 0 aromatic carbocycles. The highest BCUT2D eigenvalue weighted by molar-refractivity contribution is 9.11. The number of hydrogen-bond donors (Lipinski definition) is 0. The van der Waals surface area contributed by atoms with Crippen LogP contribution in [0.4, 0.5) is 0 Å². The van der Waals surface area contributed by atoms with E-state index in [1.807, 2.05) is 0 Å². The summed E-state index contributed by atoms with van der Waals surface area (Å²) in [5.41, 5.74) is 0.247. The molecule has 6 heteroatoms. The summed E-state index contributed by atoms with van der Waals surface area (Å²) < 4.78 is 8.88. The fourth-order valence-electron chi connectivity index (χ4n) is 0.500. The Labute approximate surface area is 75.9 Å². The van der Waals surface area contributed by atoms with Gasteiger partial charge in [-0.05, 0) is 34.4 Å². The predicted octanol–water partition coefficient (Wildman–Crippen LogP) is 1.48. The number of nitrogens with zero attached hydrogens (tertiary/aromatic N) is 2. The van der Waals surface area contributed by atoms with E-state index in [9.17, 15) is 4.79 Å². The number of rotatable bonds is 2. The quantitative estimate of drug-likeness (QED) is 0.731. The van der Waals surface area contributed by atoms with Crippen LogP contribution in [-0.2, 0) is 4.74 Å². The van der Waals surface area contributed by atoms with Gasteiger partial charge in [0.05, 0.1) is 6.61 Å². The van der Waals surface area contributed by atoms with Crippen molar-refractivity contribution in [3.05, 3.63) is 9.48 Å². The van der Waals surface area contributed by atoms with E-state index in [1.54, 1.807) is 6.92 Å². The van der Waals surface area contributed by atoms with Gasteiger partial charge in [0.25, 0.3) is 0 Å². The third-order valence-electron chi connectivity index (χ3n) is 0.917. The van der Waals surface area contributed by atoms with Crippen LogP contribution in [0, 0.1) is 0 Å². The minimum Gasteiger partial charge on any atom is -0.461 e. The van der Waals surface area contributed by atoms with Crippen LogP contribution in [0.2, 0.25) is 0 Å². The molecule has 1 rings (SSSR count). The minimum atomic E-state index is -0.437. The predicted molar refractivity (Wildman–Crippen MR) is 43.6 cm³/mol. The highest BCUT2D eigenvalue weighted by Gasteiger charge is 2.14. The molecule has 1 aromatic heterocycles. The number of ether oxygens (including phenoxy) is 1. The van der Waals surface area contributed by atoms with E-state index >= 15 is 0 Å². The molecular weight excluding hydrogens is 232 g/mol. The van der Waals surface area contributed by atoms with Crippen LogP contribution in [0.25, 0.3) is 0 Å². The molecule has 0 saturated carbocycles. The zero-order valence-electron chi connectivity index (χ0n) is 5.70. The smallest absolute Gasteiger partial charge is 0.361 e. The largest absolute Gasteiger partial charge is 0.461 e. The molecule has 0 aliphatic heterocycles. The highest BCUT2D eigenvalue weighted by atomic mass is 79.9. The maximum absolute atomic E-state index is 11.0. The van der Waals surface area contributed by atoms with Gasteiger partial charge in [0.15, 0.2) is 5.69 Å². The summed E-state index contributed by atoms with van der Waals surface area (Å²) in [6, 6.07) is 0. The molecule has 1 aromatic rings. The van der Waals surface area contributed by atoms with Gasteiger partial charge in [-0.15, -0.1) is 5.10 Å². The maximum Gasteiger partial charge on any atom is 0.361 e. The Kier molecular flexibility index (Phi) is 2.95. The topological polar surface area (TPSA) is 52.1 Å². The fourth-order valence-corrected chi connectivity index (χ4v) is 1.34. The molecule has 0 fully saturated rings. The Morgan fingerprint density at radius 2 is 2.55 bits per heavy atom. The SMILES string of the molecule is CCOC(=O)c1nnsc1Br. The van der Waals surface area contributed by atoms with Crippen LogP contribution in [0.3, 0.4) is 0 Å². The lowest BCUT2D eigenvalue weighted by molar-refractivity contribution is 0.0518. The molecular formula is C5H5BrN2O2S. The van der Waals surface area contributed by atoms with Gasteiger partial charge in [-0.1, -0.05) is 4.49 Å². The van der Waals surface area contributed by atoms with Crippen molar-refractivity contribution in [3.8, 4) is 0 Å². The van der Waals surface area contributed by atoms with E-state index < -0.39 is 5.97 Å². The van der Waals surface area contributed by atoms with Crippen molar-refractivity contribution >= 4 is 33.4 Å². The molecule has 1 heterocycles. The fraction of sp³-hybridized carbons (Fsp3) is 0.400. The summed E-state index contributed by atoms with van der Waals surface area (Å²) >= 11 is 4.24. The molecule has 11 heavy (non-hydrogen) atoms. The zero-order chi connectivity index (χ0) is 8.27. The molecule has 60 valence electrons. The Bertz CT molecular complexity index is 263. The van der Waals surface area contributed by atoms with Gasteiger partial charge in [0, 0.05) is 0 Å². The molecule has 4 nitrogen and oxygen atoms in total. The Hall–Kier alpha value is -0.490. The Balaban J connectivity index is 2.76. The Morgan fingerprint density at radius 1 is 1.82 bits per heavy atom. The van der Waals surface area contributed by atoms with Crippen molar-refractivity contribution in [2.45, 2.75) is 6.92 Å². The average Bonchev–Trinajstić information content (AvgIpc) is 2.36. The van der Waals surface area contributed by atoms with Crippen LogP contribution in [0.1, 0.15) is 17.4 Å². The van der Waals surface area contributed by atoms with Crippen LogP contribution >= 0.6 is 27.5 Å². The second kappa shape index (κ2) is 3.77. The first-order valence-electron chi connectivity index (χ1n) is 2.90. The highest BCUT2D eigenvalue weighted by Crippen LogP contribution is 2.18. The lowest BCUT2D eigenvalue weighted by Gasteiger charge is -1.95. The van der Waals surface area contributed by atoms with Gasteiger partial charge < -0.3 is 4.74 Å². The summed E-state index contributed by atoms with van der Waals surface area (Å²) in [4.78, 5) is 11.0. The lowest BCUT2D eigenvalue weighted by Crippen LogP contribution is -2.05. The first-order chi connectivity index (χ1) is 5.25. The summed E-state index contributed by atoms with van der Waals surface area (Å²) in [5.74, 6) is -0.437. The van der Waals surface area contributed by atoms with E-state index in [0.29, 0.717) is 10.4 Å². The van der Waals surface area contributed by atoms with Crippen LogP contribution in [-0.4, -0.2) is 22.2 Å². The molecule has 0 radical (unpaired) electrons. The van der Waals surface area contributed by atoms with Crippen molar-refractivity contribution in [2.24, 2.45) is 0 Å². The van der Waals surface area contributed by atoms with Crippen LogP contribution in [0.15, 0.2) is 3.79 Å². The standard InChI is InChI=1S/C5H5BrN2O2S/c1-2-10-5(9)3-4(6)11-8-7-3/h2H2,1H3. The number of halogens is 1. The second-order valence-corrected chi connectivity index (χ2v) is 3.69. The van der Waals surface area contributed by atoms with Gasteiger partial charge in [-0.25, -0.2) is 4.79 Å². The van der Waals surface area contributed by atoms with Crippen molar-refractivity contribution in [3.63, 3.8) is 0 Å². The molecule has 0 saturated heterocycles. The maximum atomic E-state index is 11.0. The summed E-state index contributed by atoms with van der Waals surface area (Å²) in [6.45, 7) is 2.09. The summed E-state index contributed by atoms with van der Waals surface area (Å²) in [7, 11) is 0. The molecule has 0 unspecified atom stereocenters. The molecule has 0 N–H and O–H groups in total. The summed E-state index contributed by atoms with van der Waals surface area (Å²) in [6.07, 6.45) is 0. The second-order valence-electron chi connectivity index (χ2n) is 1.62. The third kappa shape index (κ3) is 1.97. The van der Waals surface area contributed by atoms with Crippen molar-refractivity contribution < 1.29 is 9.53 Å². The van der Waals surface area contributed by atoms with E-state index in [-0.39, 0.29) is 5.69 Å². The van der Waals surface area contributed by atoms with E-state index in [2.05, 4.69) is 25.5 Å². The first kappa shape index (κ1) is 8.61. The van der Waals surface area contributed by atoms with E-state index in [1.165, 1.54) is 0 Å². The number of carbonyl (C=O) groups is 1. The van der Waals surface area contributed by atoms with Gasteiger partial charge in [-0.2, -0.15) is 0 Å². The Morgan fingerprint density at radius 3 is 3.00 bits per heavy atom. The number of hydrogen-bond acceptors (Lipinski definition) is 5. The van der Waals surface area contributed by atoms with Crippen LogP contribution < -0.4 is 0 Å². The molecule has 0 aliphatic rings. The van der Waals surface area contributed by atoms with Crippen molar-refractivity contribution in [1.82, 2.24) is 9.59 Å². The monoisotopic (exact) mass is 236 g/mol. The minimum absolute atomic E-state index is 0.247. The van der Waals surface area contributed by atoms with E-state index in [4.69, 9.17) is 4.74 Å². The first-order valence-corrected chi connectivity index (χ1v) is 4.47. The number of aromatic nitrogens is 2. The van der Waals surface area contributed by atoms with Crippen molar-refractivity contribution in [2.75, 3.05) is 6.61 Å². The van der Waals surface area contributed by atoms with Crippen LogP contribution in [0.5, 0.6) is 0 Å². The molecule has 0 spiro atoms. The molecule has 0 amide bonds. The molecule has 0 atom stereocenters. The van der Waals surface area contributed by atoms with Gasteiger partial charge in [-0.3, -0.25) is 0 Å². The van der Waals surface area contributed by atoms with Gasteiger partial charge in [0.2, 0.25) is 0 Å². The number of carbonyl (C=O) groups excluding carboxylic acids is 1. The third-order valence-corrected chi connectivity index (χ3v) is 2.24. The number of esters is 1. The molecule has 0 aliphatic carbocycles. The molecule has 0 bridgehead atoms. The lowest BCUT2D eigenvalue weighted by atomic mass is 10.5. The zero-order valence-corrected chi connectivity index (χ0v) is 8.11. The van der Waals surface area contributed by atoms with Gasteiger partial charge >= 0.3 is 5.97 Å². The normalized spacial score (nSPS) is 9.64.